The summed E-state index contributed by atoms with van der Waals surface area (Å²) in [5, 5.41) is 20.9. The molecule has 0 saturated heterocycles. The lowest BCUT2D eigenvalue weighted by atomic mass is 9.83. The van der Waals surface area contributed by atoms with Crippen molar-refractivity contribution < 1.29 is 28.7 Å². The standard InChI is InChI=1S/C27H23N3O7/c1-2-13-34-18-9-7-17(8-10-18)26-20-12-11-19(14-24(20)37-27(29)21(26)15-28)36-25(31)16-35-23-6-4-3-5-22(23)30(32)33/h3-12,14,26H,2,13,16,29H2,1H3. The zero-order chi connectivity index (χ0) is 26.4. The quantitative estimate of drug-likeness (QED) is 0.192. The predicted octanol–water partition coefficient (Wildman–Crippen LogP) is 4.59. The number of hydrogen-bond acceptors (Lipinski definition) is 9. The number of ether oxygens (including phenoxy) is 4. The first-order chi connectivity index (χ1) is 17.9. The number of fused-ring (bicyclic) bond motifs is 1. The second kappa shape index (κ2) is 11.1. The summed E-state index contributed by atoms with van der Waals surface area (Å²) in [7, 11) is 0. The number of nitriles is 1. The van der Waals surface area contributed by atoms with Crippen LogP contribution in [0.4, 0.5) is 5.69 Å². The molecule has 0 radical (unpaired) electrons. The number of nitrogens with zero attached hydrogens (tertiary/aromatic N) is 2. The molecule has 3 aromatic rings. The van der Waals surface area contributed by atoms with E-state index in [0.717, 1.165) is 17.7 Å². The highest BCUT2D eigenvalue weighted by atomic mass is 16.6. The van der Waals surface area contributed by atoms with Gasteiger partial charge in [0.15, 0.2) is 12.4 Å². The van der Waals surface area contributed by atoms with E-state index in [9.17, 15) is 20.2 Å². The molecule has 10 heteroatoms. The Labute approximate surface area is 212 Å². The first kappa shape index (κ1) is 25.1. The van der Waals surface area contributed by atoms with E-state index in [0.29, 0.717) is 17.9 Å². The van der Waals surface area contributed by atoms with Crippen LogP contribution in [-0.4, -0.2) is 24.1 Å². The highest BCUT2D eigenvalue weighted by Crippen LogP contribution is 2.43. The lowest BCUT2D eigenvalue weighted by molar-refractivity contribution is -0.385. The van der Waals surface area contributed by atoms with E-state index in [1.54, 1.807) is 18.2 Å². The molecular formula is C27H23N3O7. The van der Waals surface area contributed by atoms with Crippen LogP contribution < -0.4 is 24.7 Å². The summed E-state index contributed by atoms with van der Waals surface area (Å²) in [5.41, 5.74) is 7.54. The van der Waals surface area contributed by atoms with Gasteiger partial charge in [-0.15, -0.1) is 0 Å². The van der Waals surface area contributed by atoms with Crippen molar-refractivity contribution in [2.45, 2.75) is 19.3 Å². The van der Waals surface area contributed by atoms with Gasteiger partial charge >= 0.3 is 11.7 Å². The third-order valence-electron chi connectivity index (χ3n) is 5.52. The Kier molecular flexibility index (Phi) is 7.54. The molecule has 0 saturated carbocycles. The van der Waals surface area contributed by atoms with Crippen molar-refractivity contribution in [3.05, 3.63) is 99.4 Å². The molecule has 1 heterocycles. The SMILES string of the molecule is CCCOc1ccc(C2C(C#N)=C(N)Oc3cc(OC(=O)COc4ccccc4[N+](=O)[O-])ccc32)cc1. The van der Waals surface area contributed by atoms with Gasteiger partial charge in [0.1, 0.15) is 28.9 Å². The minimum Gasteiger partial charge on any atom is -0.494 e. The number of para-hydroxylation sites is 2. The highest BCUT2D eigenvalue weighted by Gasteiger charge is 2.31. The zero-order valence-corrected chi connectivity index (χ0v) is 19.9. The molecule has 0 spiro atoms. The van der Waals surface area contributed by atoms with Gasteiger partial charge in [-0.3, -0.25) is 10.1 Å². The van der Waals surface area contributed by atoms with Gasteiger partial charge in [0.25, 0.3) is 0 Å². The van der Waals surface area contributed by atoms with Gasteiger partial charge in [-0.1, -0.05) is 37.3 Å². The third-order valence-corrected chi connectivity index (χ3v) is 5.52. The smallest absolute Gasteiger partial charge is 0.349 e. The molecule has 0 amide bonds. The van der Waals surface area contributed by atoms with E-state index in [4.69, 9.17) is 24.7 Å². The van der Waals surface area contributed by atoms with Gasteiger partial charge in [0, 0.05) is 17.7 Å². The Balaban J connectivity index is 1.52. The van der Waals surface area contributed by atoms with E-state index < -0.39 is 23.4 Å². The van der Waals surface area contributed by atoms with E-state index >= 15 is 0 Å². The number of nitro groups is 1. The Morgan fingerprint density at radius 3 is 2.54 bits per heavy atom. The van der Waals surface area contributed by atoms with Gasteiger partial charge in [-0.2, -0.15) is 5.26 Å². The first-order valence-corrected chi connectivity index (χ1v) is 11.4. The maximum Gasteiger partial charge on any atom is 0.349 e. The van der Waals surface area contributed by atoms with E-state index in [-0.39, 0.29) is 28.6 Å². The fourth-order valence-electron chi connectivity index (χ4n) is 3.85. The number of nitro benzene ring substituents is 1. The van der Waals surface area contributed by atoms with Crippen LogP contribution in [0.3, 0.4) is 0 Å². The van der Waals surface area contributed by atoms with Crippen LogP contribution in [0.25, 0.3) is 0 Å². The summed E-state index contributed by atoms with van der Waals surface area (Å²) in [6, 6.07) is 20.0. The topological polar surface area (TPSA) is 147 Å². The van der Waals surface area contributed by atoms with Crippen LogP contribution in [0, 0.1) is 21.4 Å². The number of carbonyl (C=O) groups excluding carboxylic acids is 1. The Morgan fingerprint density at radius 2 is 1.84 bits per heavy atom. The van der Waals surface area contributed by atoms with Crippen LogP contribution in [0.1, 0.15) is 30.4 Å². The van der Waals surface area contributed by atoms with Crippen LogP contribution in [-0.2, 0) is 4.79 Å². The summed E-state index contributed by atoms with van der Waals surface area (Å²) in [5.74, 6) is -0.139. The van der Waals surface area contributed by atoms with Gasteiger partial charge in [-0.25, -0.2) is 4.79 Å². The van der Waals surface area contributed by atoms with Gasteiger partial charge in [0.05, 0.1) is 17.4 Å². The Bertz CT molecular complexity index is 1390. The molecule has 0 bridgehead atoms. The second-order valence-electron chi connectivity index (χ2n) is 8.03. The summed E-state index contributed by atoms with van der Waals surface area (Å²) in [6.07, 6.45) is 0.887. The molecule has 1 unspecified atom stereocenters. The Hall–Kier alpha value is -5.04. The van der Waals surface area contributed by atoms with E-state index in [1.807, 2.05) is 31.2 Å². The first-order valence-electron chi connectivity index (χ1n) is 11.4. The van der Waals surface area contributed by atoms with Crippen molar-refractivity contribution in [2.75, 3.05) is 13.2 Å². The van der Waals surface area contributed by atoms with Gasteiger partial charge in [0.2, 0.25) is 5.88 Å². The van der Waals surface area contributed by atoms with Gasteiger partial charge in [-0.05, 0) is 36.2 Å². The van der Waals surface area contributed by atoms with Crippen molar-refractivity contribution in [2.24, 2.45) is 5.73 Å². The molecule has 0 aliphatic carbocycles. The fourth-order valence-corrected chi connectivity index (χ4v) is 3.85. The molecule has 0 fully saturated rings. The average Bonchev–Trinajstić information content (AvgIpc) is 2.90. The van der Waals surface area contributed by atoms with E-state index in [1.165, 1.54) is 24.3 Å². The van der Waals surface area contributed by atoms with Crippen LogP contribution in [0.5, 0.6) is 23.0 Å². The summed E-state index contributed by atoms with van der Waals surface area (Å²) < 4.78 is 21.9. The normalized spacial score (nSPS) is 14.1. The minimum atomic E-state index is -0.769. The average molecular weight is 501 g/mol. The zero-order valence-electron chi connectivity index (χ0n) is 19.9. The molecule has 1 aliphatic heterocycles. The predicted molar refractivity (Wildman–Crippen MR) is 132 cm³/mol. The molecule has 3 aromatic carbocycles. The Morgan fingerprint density at radius 1 is 1.11 bits per heavy atom. The number of esters is 1. The van der Waals surface area contributed by atoms with Crippen LogP contribution in [0.15, 0.2) is 78.2 Å². The van der Waals surface area contributed by atoms with E-state index in [2.05, 4.69) is 6.07 Å². The molecule has 1 atom stereocenters. The van der Waals surface area contributed by atoms with Crippen molar-refractivity contribution in [1.82, 2.24) is 0 Å². The number of nitrogens with two attached hydrogens (primary N) is 1. The van der Waals surface area contributed by atoms with Crippen LogP contribution in [0.2, 0.25) is 0 Å². The number of hydrogen-bond donors (Lipinski definition) is 1. The van der Waals surface area contributed by atoms with Crippen LogP contribution >= 0.6 is 0 Å². The maximum absolute atomic E-state index is 12.3. The molecule has 4 rings (SSSR count). The fraction of sp³-hybridized carbons (Fsp3) is 0.185. The van der Waals surface area contributed by atoms with Crippen molar-refractivity contribution in [1.29, 1.82) is 5.26 Å². The molecular weight excluding hydrogens is 478 g/mol. The maximum atomic E-state index is 12.3. The number of rotatable bonds is 9. The minimum absolute atomic E-state index is 0.0468. The lowest BCUT2D eigenvalue weighted by Gasteiger charge is -2.26. The van der Waals surface area contributed by atoms with Gasteiger partial charge < -0.3 is 24.7 Å². The number of carbonyl (C=O) groups is 1. The molecule has 188 valence electrons. The van der Waals surface area contributed by atoms with Crippen molar-refractivity contribution >= 4 is 11.7 Å². The number of benzene rings is 3. The molecule has 0 aromatic heterocycles. The third kappa shape index (κ3) is 5.62. The molecule has 1 aliphatic rings. The molecule has 2 N–H and O–H groups in total. The molecule has 37 heavy (non-hydrogen) atoms. The lowest BCUT2D eigenvalue weighted by Crippen LogP contribution is -2.21. The summed E-state index contributed by atoms with van der Waals surface area (Å²) >= 11 is 0. The summed E-state index contributed by atoms with van der Waals surface area (Å²) in [4.78, 5) is 22.9. The monoisotopic (exact) mass is 501 g/mol. The highest BCUT2D eigenvalue weighted by molar-refractivity contribution is 5.74. The molecule has 10 nitrogen and oxygen atoms in total. The van der Waals surface area contributed by atoms with Crippen molar-refractivity contribution in [3.8, 4) is 29.1 Å². The second-order valence-corrected chi connectivity index (χ2v) is 8.03. The largest absolute Gasteiger partial charge is 0.494 e. The number of allylic oxidation sites excluding steroid dienone is 1. The van der Waals surface area contributed by atoms with Crippen molar-refractivity contribution in [3.63, 3.8) is 0 Å². The summed E-state index contributed by atoms with van der Waals surface area (Å²) in [6.45, 7) is 2.08.